The highest BCUT2D eigenvalue weighted by molar-refractivity contribution is 7.92. The van der Waals surface area contributed by atoms with Gasteiger partial charge in [-0.25, -0.2) is 8.42 Å². The number of halogens is 1. The summed E-state index contributed by atoms with van der Waals surface area (Å²) in [6, 6.07) is 25.3. The number of hydrogen-bond acceptors (Lipinski definition) is 4. The lowest BCUT2D eigenvalue weighted by molar-refractivity contribution is 0.0951. The number of para-hydroxylation sites is 1. The van der Waals surface area contributed by atoms with Crippen LogP contribution in [0.1, 0.15) is 37.4 Å². The van der Waals surface area contributed by atoms with Crippen molar-refractivity contribution in [3.8, 4) is 0 Å². The summed E-state index contributed by atoms with van der Waals surface area (Å²) in [5.41, 5.74) is 3.72. The van der Waals surface area contributed by atoms with Gasteiger partial charge in [-0.1, -0.05) is 71.8 Å². The molecular weight excluding hydrogens is 522 g/mol. The lowest BCUT2D eigenvalue weighted by Crippen LogP contribution is -2.25. The number of sulfonamides is 1. The quantitative estimate of drug-likeness (QED) is 0.254. The van der Waals surface area contributed by atoms with Gasteiger partial charge in [-0.2, -0.15) is 0 Å². The van der Waals surface area contributed by atoms with E-state index in [-0.39, 0.29) is 32.6 Å². The zero-order chi connectivity index (χ0) is 27.3. The molecule has 0 saturated carbocycles. The molecule has 0 bridgehead atoms. The number of anilines is 2. The van der Waals surface area contributed by atoms with E-state index < -0.39 is 15.9 Å². The predicted molar refractivity (Wildman–Crippen MR) is 150 cm³/mol. The Hall–Kier alpha value is -4.14. The van der Waals surface area contributed by atoms with Crippen LogP contribution in [0.5, 0.6) is 0 Å². The summed E-state index contributed by atoms with van der Waals surface area (Å²) >= 11 is 6.23. The minimum absolute atomic E-state index is 0.0282. The zero-order valence-corrected chi connectivity index (χ0v) is 22.4. The summed E-state index contributed by atoms with van der Waals surface area (Å²) in [6.45, 7) is 4.03. The van der Waals surface area contributed by atoms with Gasteiger partial charge in [-0.3, -0.25) is 14.3 Å². The van der Waals surface area contributed by atoms with Gasteiger partial charge in [0.1, 0.15) is 4.90 Å². The molecule has 0 aliphatic heterocycles. The van der Waals surface area contributed by atoms with Crippen LogP contribution in [0.15, 0.2) is 95.9 Å². The molecular formula is C29H26ClN3O4S. The maximum absolute atomic E-state index is 13.1. The number of hydrogen-bond donors (Lipinski definition) is 3. The van der Waals surface area contributed by atoms with Crippen molar-refractivity contribution in [1.82, 2.24) is 5.32 Å². The monoisotopic (exact) mass is 547 g/mol. The molecule has 4 aromatic carbocycles. The summed E-state index contributed by atoms with van der Waals surface area (Å²) in [7, 11) is -4.09. The lowest BCUT2D eigenvalue weighted by Gasteiger charge is -2.14. The van der Waals surface area contributed by atoms with Gasteiger partial charge in [0.25, 0.3) is 21.8 Å². The molecule has 0 heterocycles. The number of aryl methyl sites for hydroxylation is 2. The normalized spacial score (nSPS) is 11.0. The molecule has 0 atom stereocenters. The summed E-state index contributed by atoms with van der Waals surface area (Å²) in [6.07, 6.45) is 0. The molecule has 0 aliphatic carbocycles. The van der Waals surface area contributed by atoms with Crippen LogP contribution < -0.4 is 15.4 Å². The first-order valence-electron chi connectivity index (χ1n) is 11.8. The molecule has 0 aliphatic rings. The van der Waals surface area contributed by atoms with E-state index in [2.05, 4.69) is 15.4 Å². The van der Waals surface area contributed by atoms with Gasteiger partial charge in [0.05, 0.1) is 22.0 Å². The first-order valence-corrected chi connectivity index (χ1v) is 13.6. The molecule has 0 saturated heterocycles. The summed E-state index contributed by atoms with van der Waals surface area (Å²) in [5.74, 6) is -0.949. The smallest absolute Gasteiger partial charge is 0.263 e. The van der Waals surface area contributed by atoms with Crippen molar-refractivity contribution in [3.05, 3.63) is 124 Å². The highest BCUT2D eigenvalue weighted by Crippen LogP contribution is 2.27. The first-order chi connectivity index (χ1) is 18.1. The molecule has 0 fully saturated rings. The fraction of sp³-hybridized carbons (Fsp3) is 0.103. The van der Waals surface area contributed by atoms with Gasteiger partial charge >= 0.3 is 0 Å². The lowest BCUT2D eigenvalue weighted by atomic mass is 10.1. The van der Waals surface area contributed by atoms with Crippen LogP contribution in [-0.4, -0.2) is 20.2 Å². The van der Waals surface area contributed by atoms with E-state index in [1.54, 1.807) is 43.3 Å². The third-order valence-electron chi connectivity index (χ3n) is 5.82. The molecule has 7 nitrogen and oxygen atoms in total. The third kappa shape index (κ3) is 6.40. The van der Waals surface area contributed by atoms with Gasteiger partial charge < -0.3 is 10.6 Å². The van der Waals surface area contributed by atoms with E-state index in [1.165, 1.54) is 18.2 Å². The SMILES string of the molecule is Cc1ccc(NS(=O)(=O)c2cc(C(=O)Nc3ccccc3C(=O)NCc3ccccc3)ccc2Cl)c(C)c1. The Labute approximate surface area is 226 Å². The minimum Gasteiger partial charge on any atom is -0.348 e. The van der Waals surface area contributed by atoms with Crippen molar-refractivity contribution in [2.45, 2.75) is 25.3 Å². The fourth-order valence-corrected chi connectivity index (χ4v) is 5.49. The molecule has 0 unspecified atom stereocenters. The topological polar surface area (TPSA) is 104 Å². The van der Waals surface area contributed by atoms with E-state index >= 15 is 0 Å². The summed E-state index contributed by atoms with van der Waals surface area (Å²) < 4.78 is 28.8. The second-order valence-electron chi connectivity index (χ2n) is 8.74. The summed E-state index contributed by atoms with van der Waals surface area (Å²) in [4.78, 5) is 25.7. The van der Waals surface area contributed by atoms with Crippen LogP contribution in [0.2, 0.25) is 5.02 Å². The van der Waals surface area contributed by atoms with E-state index in [1.807, 2.05) is 43.3 Å². The molecule has 194 valence electrons. The Morgan fingerprint density at radius 2 is 1.50 bits per heavy atom. The number of carbonyl (C=O) groups is 2. The molecule has 2 amide bonds. The minimum atomic E-state index is -4.09. The van der Waals surface area contributed by atoms with Crippen molar-refractivity contribution >= 4 is 44.8 Å². The third-order valence-corrected chi connectivity index (χ3v) is 7.67. The second kappa shape index (κ2) is 11.5. The zero-order valence-electron chi connectivity index (χ0n) is 20.8. The van der Waals surface area contributed by atoms with E-state index in [4.69, 9.17) is 11.6 Å². The largest absolute Gasteiger partial charge is 0.348 e. The van der Waals surface area contributed by atoms with Crippen molar-refractivity contribution in [3.63, 3.8) is 0 Å². The van der Waals surface area contributed by atoms with Crippen molar-refractivity contribution in [2.75, 3.05) is 10.0 Å². The highest BCUT2D eigenvalue weighted by Gasteiger charge is 2.22. The average molecular weight is 548 g/mol. The number of nitrogens with one attached hydrogen (secondary N) is 3. The number of amides is 2. The van der Waals surface area contributed by atoms with Crippen LogP contribution in [0.4, 0.5) is 11.4 Å². The molecule has 9 heteroatoms. The van der Waals surface area contributed by atoms with Crippen molar-refractivity contribution < 1.29 is 18.0 Å². The number of rotatable bonds is 8. The Morgan fingerprint density at radius 3 is 2.24 bits per heavy atom. The van der Waals surface area contributed by atoms with Crippen LogP contribution in [0, 0.1) is 13.8 Å². The summed E-state index contributed by atoms with van der Waals surface area (Å²) in [5, 5.41) is 5.52. The second-order valence-corrected chi connectivity index (χ2v) is 10.8. The molecule has 0 radical (unpaired) electrons. The Balaban J connectivity index is 1.54. The van der Waals surface area contributed by atoms with E-state index in [0.29, 0.717) is 12.2 Å². The Kier molecular flexibility index (Phi) is 8.14. The van der Waals surface area contributed by atoms with Crippen LogP contribution in [0.3, 0.4) is 0 Å². The standard InChI is InChI=1S/C29H26ClN3O4S/c1-19-12-15-25(20(2)16-19)33-38(36,37)27-17-22(13-14-24(27)30)28(34)32-26-11-7-6-10-23(26)29(35)31-18-21-8-4-3-5-9-21/h3-17,33H,18H2,1-2H3,(H,31,35)(H,32,34). The maximum atomic E-state index is 13.1. The van der Waals surface area contributed by atoms with Crippen LogP contribution in [0.25, 0.3) is 0 Å². The maximum Gasteiger partial charge on any atom is 0.263 e. The van der Waals surface area contributed by atoms with Gasteiger partial charge in [0.2, 0.25) is 0 Å². The molecule has 0 aromatic heterocycles. The number of benzene rings is 4. The van der Waals surface area contributed by atoms with Crippen LogP contribution >= 0.6 is 11.6 Å². The molecule has 4 rings (SSSR count). The average Bonchev–Trinajstić information content (AvgIpc) is 2.90. The molecule has 0 spiro atoms. The molecule has 4 aromatic rings. The predicted octanol–water partition coefficient (Wildman–Crippen LogP) is 5.94. The van der Waals surface area contributed by atoms with Gasteiger partial charge in [0, 0.05) is 12.1 Å². The Morgan fingerprint density at radius 1 is 0.789 bits per heavy atom. The van der Waals surface area contributed by atoms with E-state index in [9.17, 15) is 18.0 Å². The number of carbonyl (C=O) groups excluding carboxylic acids is 2. The van der Waals surface area contributed by atoms with Gasteiger partial charge in [0.15, 0.2) is 0 Å². The highest BCUT2D eigenvalue weighted by atomic mass is 35.5. The van der Waals surface area contributed by atoms with Crippen molar-refractivity contribution in [1.29, 1.82) is 0 Å². The van der Waals surface area contributed by atoms with Gasteiger partial charge in [-0.05, 0) is 61.4 Å². The molecule has 3 N–H and O–H groups in total. The van der Waals surface area contributed by atoms with Crippen molar-refractivity contribution in [2.24, 2.45) is 0 Å². The van der Waals surface area contributed by atoms with E-state index in [0.717, 1.165) is 16.7 Å². The van der Waals surface area contributed by atoms with Gasteiger partial charge in [-0.15, -0.1) is 0 Å². The first kappa shape index (κ1) is 26.9. The Bertz CT molecular complexity index is 1610. The fourth-order valence-electron chi connectivity index (χ4n) is 3.84. The van der Waals surface area contributed by atoms with Crippen LogP contribution in [-0.2, 0) is 16.6 Å². The molecule has 38 heavy (non-hydrogen) atoms.